The van der Waals surface area contributed by atoms with E-state index in [0.29, 0.717) is 17.8 Å². The summed E-state index contributed by atoms with van der Waals surface area (Å²) in [6.45, 7) is 1.96. The Morgan fingerprint density at radius 1 is 1.35 bits per heavy atom. The van der Waals surface area contributed by atoms with E-state index in [2.05, 4.69) is 14.9 Å². The maximum atomic E-state index is 12.9. The number of sulfonamides is 1. The van der Waals surface area contributed by atoms with Crippen LogP contribution in [0.2, 0.25) is 0 Å². The highest BCUT2D eigenvalue weighted by Crippen LogP contribution is 2.42. The van der Waals surface area contributed by atoms with E-state index in [1.807, 2.05) is 0 Å². The Morgan fingerprint density at radius 2 is 2.04 bits per heavy atom. The van der Waals surface area contributed by atoms with Gasteiger partial charge in [0, 0.05) is 31.7 Å². The van der Waals surface area contributed by atoms with Crippen molar-refractivity contribution in [3.8, 4) is 0 Å². The molecule has 2 aromatic rings. The second-order valence-corrected chi connectivity index (χ2v) is 8.15. The van der Waals surface area contributed by atoms with Gasteiger partial charge in [-0.2, -0.15) is 23.4 Å². The Kier molecular flexibility index (Phi) is 4.86. The molecule has 1 saturated carbocycles. The number of rotatable bonds is 7. The van der Waals surface area contributed by atoms with Crippen molar-refractivity contribution in [3.63, 3.8) is 0 Å². The Balaban J connectivity index is 1.62. The van der Waals surface area contributed by atoms with Crippen molar-refractivity contribution in [2.75, 3.05) is 6.54 Å². The third kappa shape index (κ3) is 3.93. The summed E-state index contributed by atoms with van der Waals surface area (Å²) in [4.78, 5) is 0.0946. The molecule has 1 fully saturated rings. The van der Waals surface area contributed by atoms with Gasteiger partial charge in [0.25, 0.3) is 0 Å². The quantitative estimate of drug-likeness (QED) is 0.734. The van der Waals surface area contributed by atoms with Crippen LogP contribution in [0.15, 0.2) is 17.2 Å². The molecule has 2 aromatic heterocycles. The first-order valence-corrected chi connectivity index (χ1v) is 9.71. The molecule has 1 aliphatic carbocycles. The summed E-state index contributed by atoms with van der Waals surface area (Å²) in [5.74, 6) is 0.119. The number of nitrogens with zero attached hydrogens (tertiary/aromatic N) is 4. The lowest BCUT2D eigenvalue weighted by Gasteiger charge is -2.08. The predicted octanol–water partition coefficient (Wildman–Crippen LogP) is 2.19. The van der Waals surface area contributed by atoms with Crippen molar-refractivity contribution < 1.29 is 21.6 Å². The predicted molar refractivity (Wildman–Crippen MR) is 87.0 cm³/mol. The number of alkyl halides is 3. The van der Waals surface area contributed by atoms with Gasteiger partial charge in [0.1, 0.15) is 4.90 Å². The molecule has 26 heavy (non-hydrogen) atoms. The summed E-state index contributed by atoms with van der Waals surface area (Å²) in [6, 6.07) is 1.10. The van der Waals surface area contributed by atoms with E-state index in [-0.39, 0.29) is 23.9 Å². The fraction of sp³-hybridized carbons (Fsp3) is 0.600. The Morgan fingerprint density at radius 3 is 2.58 bits per heavy atom. The summed E-state index contributed by atoms with van der Waals surface area (Å²) in [6.07, 6.45) is -1.16. The second-order valence-electron chi connectivity index (χ2n) is 6.42. The number of aryl methyl sites for hydroxylation is 2. The molecule has 3 rings (SSSR count). The molecule has 0 aliphatic heterocycles. The van der Waals surface area contributed by atoms with E-state index in [9.17, 15) is 21.6 Å². The standard InChI is InChI=1S/C15H20F3N5O2S/c1-10-13(9-19-22(10)2)26(24,25)20-6-3-7-23-12(11-4-5-11)8-14(21-23)15(16,17)18/h8-9,11,20H,3-7H2,1-2H3. The molecule has 0 aromatic carbocycles. The van der Waals surface area contributed by atoms with Crippen LogP contribution in [0.4, 0.5) is 13.2 Å². The van der Waals surface area contributed by atoms with E-state index in [0.717, 1.165) is 18.9 Å². The third-order valence-corrected chi connectivity index (χ3v) is 5.98. The van der Waals surface area contributed by atoms with Gasteiger partial charge in [0.05, 0.1) is 11.9 Å². The maximum Gasteiger partial charge on any atom is 0.435 e. The smallest absolute Gasteiger partial charge is 0.272 e. The molecule has 0 unspecified atom stereocenters. The van der Waals surface area contributed by atoms with Gasteiger partial charge in [-0.1, -0.05) is 0 Å². The third-order valence-electron chi connectivity index (χ3n) is 4.42. The van der Waals surface area contributed by atoms with Gasteiger partial charge in [0.2, 0.25) is 10.0 Å². The van der Waals surface area contributed by atoms with Crippen LogP contribution in [0, 0.1) is 6.92 Å². The number of halogens is 3. The average Bonchev–Trinajstić information content (AvgIpc) is 3.20. The van der Waals surface area contributed by atoms with E-state index < -0.39 is 21.9 Å². The van der Waals surface area contributed by atoms with Crippen LogP contribution >= 0.6 is 0 Å². The van der Waals surface area contributed by atoms with Crippen molar-refractivity contribution in [2.24, 2.45) is 7.05 Å². The number of nitrogens with one attached hydrogen (secondary N) is 1. The fourth-order valence-electron chi connectivity index (χ4n) is 2.71. The van der Waals surface area contributed by atoms with Gasteiger partial charge in [-0.15, -0.1) is 0 Å². The van der Waals surface area contributed by atoms with Crippen LogP contribution in [0.1, 0.15) is 42.3 Å². The first-order chi connectivity index (χ1) is 12.1. The highest BCUT2D eigenvalue weighted by molar-refractivity contribution is 7.89. The van der Waals surface area contributed by atoms with Crippen molar-refractivity contribution in [3.05, 3.63) is 29.3 Å². The lowest BCUT2D eigenvalue weighted by Crippen LogP contribution is -2.26. The summed E-state index contributed by atoms with van der Waals surface area (Å²) in [5.41, 5.74) is 0.185. The highest BCUT2D eigenvalue weighted by atomic mass is 32.2. The normalized spacial score (nSPS) is 15.6. The highest BCUT2D eigenvalue weighted by Gasteiger charge is 2.37. The van der Waals surface area contributed by atoms with E-state index in [1.54, 1.807) is 14.0 Å². The number of hydrogen-bond acceptors (Lipinski definition) is 4. The van der Waals surface area contributed by atoms with Crippen LogP contribution in [0.25, 0.3) is 0 Å². The summed E-state index contributed by atoms with van der Waals surface area (Å²) < 4.78 is 68.4. The first-order valence-electron chi connectivity index (χ1n) is 8.23. The molecule has 0 spiro atoms. The fourth-order valence-corrected chi connectivity index (χ4v) is 3.99. The molecule has 144 valence electrons. The van der Waals surface area contributed by atoms with E-state index in [1.165, 1.54) is 15.6 Å². The number of aromatic nitrogens is 4. The zero-order valence-corrected chi connectivity index (χ0v) is 15.2. The van der Waals surface area contributed by atoms with Crippen molar-refractivity contribution >= 4 is 10.0 Å². The molecule has 1 aliphatic rings. The van der Waals surface area contributed by atoms with Crippen molar-refractivity contribution in [2.45, 2.75) is 49.7 Å². The largest absolute Gasteiger partial charge is 0.435 e. The van der Waals surface area contributed by atoms with E-state index >= 15 is 0 Å². The molecule has 0 saturated heterocycles. The Labute approximate surface area is 149 Å². The molecular weight excluding hydrogens is 371 g/mol. The van der Waals surface area contributed by atoms with Gasteiger partial charge < -0.3 is 0 Å². The van der Waals surface area contributed by atoms with Crippen LogP contribution in [0.5, 0.6) is 0 Å². The van der Waals surface area contributed by atoms with E-state index in [4.69, 9.17) is 0 Å². The lowest BCUT2D eigenvalue weighted by molar-refractivity contribution is -0.141. The van der Waals surface area contributed by atoms with Crippen molar-refractivity contribution in [1.29, 1.82) is 0 Å². The topological polar surface area (TPSA) is 81.8 Å². The monoisotopic (exact) mass is 391 g/mol. The minimum atomic E-state index is -4.48. The number of hydrogen-bond donors (Lipinski definition) is 1. The molecule has 0 atom stereocenters. The molecular formula is C15H20F3N5O2S. The molecule has 0 radical (unpaired) electrons. The summed E-state index contributed by atoms with van der Waals surface area (Å²) >= 11 is 0. The lowest BCUT2D eigenvalue weighted by atomic mass is 10.2. The molecule has 0 bridgehead atoms. The molecule has 2 heterocycles. The second kappa shape index (κ2) is 6.69. The zero-order chi connectivity index (χ0) is 19.1. The average molecular weight is 391 g/mol. The SMILES string of the molecule is Cc1c(S(=O)(=O)NCCCn2nc(C(F)(F)F)cc2C2CC2)cnn1C. The van der Waals surface area contributed by atoms with Gasteiger partial charge in [-0.25, -0.2) is 13.1 Å². The summed E-state index contributed by atoms with van der Waals surface area (Å²) in [5, 5.41) is 7.55. The van der Waals surface area contributed by atoms with Gasteiger partial charge in [-0.05, 0) is 32.3 Å². The summed E-state index contributed by atoms with van der Waals surface area (Å²) in [7, 11) is -2.06. The molecule has 0 amide bonds. The maximum absolute atomic E-state index is 12.9. The molecule has 11 heteroatoms. The Bertz CT molecular complexity index is 897. The van der Waals surface area contributed by atoms with Gasteiger partial charge in [0.15, 0.2) is 5.69 Å². The first kappa shape index (κ1) is 18.9. The van der Waals surface area contributed by atoms with Gasteiger partial charge in [-0.3, -0.25) is 9.36 Å². The van der Waals surface area contributed by atoms with Crippen LogP contribution in [-0.4, -0.2) is 34.5 Å². The molecule has 7 nitrogen and oxygen atoms in total. The van der Waals surface area contributed by atoms with Crippen LogP contribution in [-0.2, 0) is 29.8 Å². The minimum absolute atomic E-state index is 0.0946. The van der Waals surface area contributed by atoms with Gasteiger partial charge >= 0.3 is 6.18 Å². The zero-order valence-electron chi connectivity index (χ0n) is 14.4. The Hall–Kier alpha value is -1.88. The van der Waals surface area contributed by atoms with Crippen molar-refractivity contribution in [1.82, 2.24) is 24.3 Å². The molecule has 1 N–H and O–H groups in total. The van der Waals surface area contributed by atoms with Crippen LogP contribution in [0.3, 0.4) is 0 Å². The minimum Gasteiger partial charge on any atom is -0.272 e. The van der Waals surface area contributed by atoms with Crippen LogP contribution < -0.4 is 4.72 Å².